The summed E-state index contributed by atoms with van der Waals surface area (Å²) in [5.74, 6) is 1.17. The lowest BCUT2D eigenvalue weighted by atomic mass is 9.93. The van der Waals surface area contributed by atoms with Gasteiger partial charge >= 0.3 is 0 Å². The van der Waals surface area contributed by atoms with Crippen molar-refractivity contribution >= 4 is 5.91 Å². The Morgan fingerprint density at radius 1 is 1.56 bits per heavy atom. The Hall–Kier alpha value is -1.55. The highest BCUT2D eigenvalue weighted by Crippen LogP contribution is 2.32. The molecule has 2 atom stereocenters. The van der Waals surface area contributed by atoms with Crippen molar-refractivity contribution in [3.63, 3.8) is 0 Å². The van der Waals surface area contributed by atoms with Gasteiger partial charge in [-0.25, -0.2) is 0 Å². The minimum atomic E-state index is -0.262. The first-order valence-electron chi connectivity index (χ1n) is 6.40. The fourth-order valence-corrected chi connectivity index (χ4v) is 2.35. The molecule has 1 heterocycles. The van der Waals surface area contributed by atoms with E-state index in [1.807, 2.05) is 25.1 Å². The molecule has 1 aromatic carbocycles. The Morgan fingerprint density at radius 3 is 3.11 bits per heavy atom. The number of nitrogens with one attached hydrogen (secondary N) is 1. The van der Waals surface area contributed by atoms with E-state index >= 15 is 0 Å². The summed E-state index contributed by atoms with van der Waals surface area (Å²) in [5.41, 5.74) is 6.43. The van der Waals surface area contributed by atoms with Gasteiger partial charge in [-0.2, -0.15) is 0 Å². The van der Waals surface area contributed by atoms with Gasteiger partial charge in [0.2, 0.25) is 5.91 Å². The van der Waals surface area contributed by atoms with Gasteiger partial charge in [0, 0.05) is 24.9 Å². The summed E-state index contributed by atoms with van der Waals surface area (Å²) in [5, 5.41) is 3.37. The summed E-state index contributed by atoms with van der Waals surface area (Å²) in [4.78, 5) is 10.8. The van der Waals surface area contributed by atoms with Gasteiger partial charge in [0.25, 0.3) is 0 Å². The molecule has 0 spiro atoms. The maximum atomic E-state index is 10.8. The van der Waals surface area contributed by atoms with Gasteiger partial charge in [-0.15, -0.1) is 0 Å². The Labute approximate surface area is 108 Å². The van der Waals surface area contributed by atoms with Gasteiger partial charge in [0.15, 0.2) is 0 Å². The summed E-state index contributed by atoms with van der Waals surface area (Å²) in [6.45, 7) is 3.60. The predicted octanol–water partition coefficient (Wildman–Crippen LogP) is 1.41. The van der Waals surface area contributed by atoms with Crippen LogP contribution in [-0.2, 0) is 4.79 Å². The van der Waals surface area contributed by atoms with E-state index in [0.29, 0.717) is 12.3 Å². The summed E-state index contributed by atoms with van der Waals surface area (Å²) < 4.78 is 5.62. The van der Waals surface area contributed by atoms with Crippen LogP contribution in [-0.4, -0.2) is 25.1 Å². The van der Waals surface area contributed by atoms with E-state index in [1.54, 1.807) is 0 Å². The molecule has 98 valence electrons. The second-order valence-electron chi connectivity index (χ2n) is 4.85. The monoisotopic (exact) mass is 248 g/mol. The average Bonchev–Trinajstić information content (AvgIpc) is 2.35. The van der Waals surface area contributed by atoms with Gasteiger partial charge in [0.05, 0.1) is 6.61 Å². The Kier molecular flexibility index (Phi) is 4.20. The van der Waals surface area contributed by atoms with E-state index in [4.69, 9.17) is 10.5 Å². The number of benzene rings is 1. The molecule has 4 heteroatoms. The third-order valence-corrected chi connectivity index (χ3v) is 3.30. The lowest BCUT2D eigenvalue weighted by molar-refractivity contribution is -0.118. The molecule has 2 unspecified atom stereocenters. The van der Waals surface area contributed by atoms with E-state index in [0.717, 1.165) is 25.3 Å². The predicted molar refractivity (Wildman–Crippen MR) is 70.6 cm³/mol. The standard InChI is InChI=1S/C14H20N2O2/c1-10(8-14(15)17)16-9-11-6-7-18-13-5-3-2-4-12(11)13/h2-5,10-11,16H,6-9H2,1H3,(H2,15,17). The van der Waals surface area contributed by atoms with Crippen molar-refractivity contribution in [1.29, 1.82) is 0 Å². The molecule has 0 fully saturated rings. The maximum Gasteiger partial charge on any atom is 0.218 e. The number of rotatable bonds is 5. The zero-order valence-electron chi connectivity index (χ0n) is 10.7. The van der Waals surface area contributed by atoms with E-state index < -0.39 is 0 Å². The average molecular weight is 248 g/mol. The molecule has 4 nitrogen and oxygen atoms in total. The second-order valence-corrected chi connectivity index (χ2v) is 4.85. The van der Waals surface area contributed by atoms with Crippen molar-refractivity contribution in [3.05, 3.63) is 29.8 Å². The first kappa shape index (κ1) is 12.9. The van der Waals surface area contributed by atoms with Crippen LogP contribution >= 0.6 is 0 Å². The molecule has 0 saturated heterocycles. The molecule has 1 aromatic rings. The fourth-order valence-electron chi connectivity index (χ4n) is 2.35. The number of primary amides is 1. The van der Waals surface area contributed by atoms with Gasteiger partial charge in [-0.3, -0.25) is 4.79 Å². The lowest BCUT2D eigenvalue weighted by Gasteiger charge is -2.27. The molecule has 0 bridgehead atoms. The Balaban J connectivity index is 1.93. The van der Waals surface area contributed by atoms with Crippen LogP contribution < -0.4 is 15.8 Å². The zero-order valence-corrected chi connectivity index (χ0v) is 10.7. The summed E-state index contributed by atoms with van der Waals surface area (Å²) >= 11 is 0. The second kappa shape index (κ2) is 5.87. The van der Waals surface area contributed by atoms with Crippen molar-refractivity contribution < 1.29 is 9.53 Å². The van der Waals surface area contributed by atoms with E-state index in [9.17, 15) is 4.79 Å². The van der Waals surface area contributed by atoms with Crippen molar-refractivity contribution in [2.75, 3.05) is 13.2 Å². The molecule has 0 saturated carbocycles. The SMILES string of the molecule is CC(CC(N)=O)NCC1CCOc2ccccc21. The van der Waals surface area contributed by atoms with Gasteiger partial charge in [0.1, 0.15) is 5.75 Å². The normalized spacial score (nSPS) is 19.7. The number of hydrogen-bond donors (Lipinski definition) is 2. The number of nitrogens with two attached hydrogens (primary N) is 1. The van der Waals surface area contributed by atoms with Crippen LogP contribution in [0, 0.1) is 0 Å². The molecular formula is C14H20N2O2. The number of hydrogen-bond acceptors (Lipinski definition) is 3. The smallest absolute Gasteiger partial charge is 0.218 e. The first-order chi connectivity index (χ1) is 8.66. The van der Waals surface area contributed by atoms with Gasteiger partial charge in [-0.1, -0.05) is 18.2 Å². The fraction of sp³-hybridized carbons (Fsp3) is 0.500. The quantitative estimate of drug-likeness (QED) is 0.828. The van der Waals surface area contributed by atoms with Crippen molar-refractivity contribution in [2.45, 2.75) is 31.7 Å². The molecule has 0 aromatic heterocycles. The highest BCUT2D eigenvalue weighted by atomic mass is 16.5. The summed E-state index contributed by atoms with van der Waals surface area (Å²) in [7, 11) is 0. The number of amides is 1. The zero-order chi connectivity index (χ0) is 13.0. The molecule has 1 amide bonds. The first-order valence-corrected chi connectivity index (χ1v) is 6.40. The largest absolute Gasteiger partial charge is 0.493 e. The van der Waals surface area contributed by atoms with Gasteiger partial charge < -0.3 is 15.8 Å². The third-order valence-electron chi connectivity index (χ3n) is 3.30. The highest BCUT2D eigenvalue weighted by Gasteiger charge is 2.21. The van der Waals surface area contributed by atoms with Gasteiger partial charge in [-0.05, 0) is 25.0 Å². The van der Waals surface area contributed by atoms with Crippen LogP contribution in [0.15, 0.2) is 24.3 Å². The van der Waals surface area contributed by atoms with Crippen LogP contribution in [0.3, 0.4) is 0 Å². The summed E-state index contributed by atoms with van der Waals surface area (Å²) in [6, 6.07) is 8.27. The molecule has 0 aliphatic carbocycles. The molecule has 1 aliphatic heterocycles. The molecule has 2 rings (SSSR count). The molecule has 3 N–H and O–H groups in total. The molecule has 0 radical (unpaired) electrons. The Morgan fingerprint density at radius 2 is 2.33 bits per heavy atom. The third kappa shape index (κ3) is 3.23. The van der Waals surface area contributed by atoms with Crippen molar-refractivity contribution in [3.8, 4) is 5.75 Å². The molecule has 1 aliphatic rings. The number of carbonyl (C=O) groups excluding carboxylic acids is 1. The minimum absolute atomic E-state index is 0.123. The maximum absolute atomic E-state index is 10.8. The van der Waals surface area contributed by atoms with Crippen molar-refractivity contribution in [1.82, 2.24) is 5.32 Å². The van der Waals surface area contributed by atoms with E-state index in [2.05, 4.69) is 11.4 Å². The van der Waals surface area contributed by atoms with E-state index in [1.165, 1.54) is 5.56 Å². The van der Waals surface area contributed by atoms with Crippen molar-refractivity contribution in [2.24, 2.45) is 5.73 Å². The van der Waals surface area contributed by atoms with Crippen LogP contribution in [0.2, 0.25) is 0 Å². The molecule has 18 heavy (non-hydrogen) atoms. The highest BCUT2D eigenvalue weighted by molar-refractivity contribution is 5.74. The number of para-hydroxylation sites is 1. The topological polar surface area (TPSA) is 64.4 Å². The van der Waals surface area contributed by atoms with Crippen LogP contribution in [0.5, 0.6) is 5.75 Å². The minimum Gasteiger partial charge on any atom is -0.493 e. The number of carbonyl (C=O) groups is 1. The van der Waals surface area contributed by atoms with Crippen LogP contribution in [0.1, 0.15) is 31.2 Å². The van der Waals surface area contributed by atoms with Crippen LogP contribution in [0.25, 0.3) is 0 Å². The van der Waals surface area contributed by atoms with E-state index in [-0.39, 0.29) is 11.9 Å². The molecular weight excluding hydrogens is 228 g/mol. The van der Waals surface area contributed by atoms with Crippen LogP contribution in [0.4, 0.5) is 0 Å². The summed E-state index contributed by atoms with van der Waals surface area (Å²) in [6.07, 6.45) is 1.39. The Bertz CT molecular complexity index is 420. The number of fused-ring (bicyclic) bond motifs is 1. The lowest BCUT2D eigenvalue weighted by Crippen LogP contribution is -2.35. The number of ether oxygens (including phenoxy) is 1.